The molecule has 0 saturated heterocycles. The number of carbonyl (C=O) groups is 2. The highest BCUT2D eigenvalue weighted by Crippen LogP contribution is 2.27. The van der Waals surface area contributed by atoms with Gasteiger partial charge in [-0.2, -0.15) is 0 Å². The third-order valence-corrected chi connectivity index (χ3v) is 4.93. The third-order valence-electron chi connectivity index (χ3n) is 4.93. The number of benzene rings is 3. The van der Waals surface area contributed by atoms with Crippen molar-refractivity contribution in [1.29, 1.82) is 0 Å². The van der Waals surface area contributed by atoms with Gasteiger partial charge in [0.05, 0.1) is 11.3 Å². The highest BCUT2D eigenvalue weighted by atomic mass is 16.5. The second-order valence-electron chi connectivity index (χ2n) is 7.14. The van der Waals surface area contributed by atoms with Gasteiger partial charge in [0, 0.05) is 11.9 Å². The first kappa shape index (κ1) is 21.4. The van der Waals surface area contributed by atoms with Gasteiger partial charge in [-0.1, -0.05) is 68.8 Å². The van der Waals surface area contributed by atoms with Crippen molar-refractivity contribution in [3.63, 3.8) is 0 Å². The van der Waals surface area contributed by atoms with E-state index in [0.29, 0.717) is 30.0 Å². The Labute approximate surface area is 177 Å². The van der Waals surface area contributed by atoms with Gasteiger partial charge in [-0.25, -0.2) is 0 Å². The number of para-hydroxylation sites is 1. The molecule has 0 bridgehead atoms. The van der Waals surface area contributed by atoms with Crippen molar-refractivity contribution in [1.82, 2.24) is 5.32 Å². The molecule has 5 heteroatoms. The SMILES string of the molecule is CCCCNC(=O)c1ccccc1NC(=O)[C@H](CC)Oc1cccc2ccccc12. The van der Waals surface area contributed by atoms with Gasteiger partial charge in [-0.3, -0.25) is 9.59 Å². The van der Waals surface area contributed by atoms with Crippen LogP contribution in [0.4, 0.5) is 5.69 Å². The molecule has 30 heavy (non-hydrogen) atoms. The van der Waals surface area contributed by atoms with Crippen molar-refractivity contribution in [2.75, 3.05) is 11.9 Å². The van der Waals surface area contributed by atoms with E-state index in [4.69, 9.17) is 4.74 Å². The molecule has 0 unspecified atom stereocenters. The van der Waals surface area contributed by atoms with Gasteiger partial charge >= 0.3 is 0 Å². The minimum Gasteiger partial charge on any atom is -0.480 e. The largest absolute Gasteiger partial charge is 0.480 e. The Hall–Kier alpha value is -3.34. The summed E-state index contributed by atoms with van der Waals surface area (Å²) in [4.78, 5) is 25.5. The third kappa shape index (κ3) is 5.17. The minimum absolute atomic E-state index is 0.192. The Morgan fingerprint density at radius 1 is 0.933 bits per heavy atom. The zero-order valence-corrected chi connectivity index (χ0v) is 17.5. The van der Waals surface area contributed by atoms with Crippen LogP contribution < -0.4 is 15.4 Å². The molecule has 3 aromatic rings. The molecule has 0 radical (unpaired) electrons. The summed E-state index contributed by atoms with van der Waals surface area (Å²) in [6, 6.07) is 20.7. The fourth-order valence-electron chi connectivity index (χ4n) is 3.25. The second-order valence-corrected chi connectivity index (χ2v) is 7.14. The number of carbonyl (C=O) groups excluding carboxylic acids is 2. The maximum Gasteiger partial charge on any atom is 0.265 e. The monoisotopic (exact) mass is 404 g/mol. The topological polar surface area (TPSA) is 67.4 Å². The van der Waals surface area contributed by atoms with Crippen LogP contribution in [-0.2, 0) is 4.79 Å². The summed E-state index contributed by atoms with van der Waals surface area (Å²) >= 11 is 0. The van der Waals surface area contributed by atoms with E-state index >= 15 is 0 Å². The number of unbranched alkanes of at least 4 members (excludes halogenated alkanes) is 1. The predicted molar refractivity (Wildman–Crippen MR) is 121 cm³/mol. The molecule has 0 fully saturated rings. The van der Waals surface area contributed by atoms with Crippen LogP contribution in [-0.4, -0.2) is 24.5 Å². The summed E-state index contributed by atoms with van der Waals surface area (Å²) in [6.45, 7) is 4.58. The fraction of sp³-hybridized carbons (Fsp3) is 0.280. The summed E-state index contributed by atoms with van der Waals surface area (Å²) in [5.74, 6) is 0.197. The molecule has 0 saturated carbocycles. The standard InChI is InChI=1S/C25H28N2O3/c1-3-5-17-26-24(28)20-14-8-9-15-21(20)27-25(29)22(4-2)30-23-16-10-12-18-11-6-7-13-19(18)23/h6-16,22H,3-5,17H2,1-2H3,(H,26,28)(H,27,29)/t22-/m0/s1. The normalized spacial score (nSPS) is 11.7. The smallest absolute Gasteiger partial charge is 0.265 e. The Balaban J connectivity index is 1.75. The van der Waals surface area contributed by atoms with Crippen molar-refractivity contribution >= 4 is 28.3 Å². The van der Waals surface area contributed by atoms with E-state index in [1.807, 2.05) is 49.4 Å². The number of hydrogen-bond acceptors (Lipinski definition) is 3. The average molecular weight is 405 g/mol. The number of rotatable bonds is 9. The minimum atomic E-state index is -0.674. The quantitative estimate of drug-likeness (QED) is 0.484. The van der Waals surface area contributed by atoms with Gasteiger partial charge in [0.2, 0.25) is 0 Å². The van der Waals surface area contributed by atoms with Gasteiger partial charge in [0.25, 0.3) is 11.8 Å². The van der Waals surface area contributed by atoms with Crippen LogP contribution in [0.1, 0.15) is 43.5 Å². The molecular weight excluding hydrogens is 376 g/mol. The van der Waals surface area contributed by atoms with Crippen LogP contribution in [0.15, 0.2) is 66.7 Å². The Bertz CT molecular complexity index is 1010. The molecule has 0 aliphatic heterocycles. The Morgan fingerprint density at radius 3 is 2.47 bits per heavy atom. The molecule has 5 nitrogen and oxygen atoms in total. The van der Waals surface area contributed by atoms with Crippen LogP contribution >= 0.6 is 0 Å². The highest BCUT2D eigenvalue weighted by molar-refractivity contribution is 6.04. The maximum absolute atomic E-state index is 13.0. The zero-order valence-electron chi connectivity index (χ0n) is 17.5. The number of amides is 2. The Kier molecular flexibility index (Phi) is 7.44. The molecule has 1 atom stereocenters. The van der Waals surface area contributed by atoms with E-state index in [9.17, 15) is 9.59 Å². The van der Waals surface area contributed by atoms with E-state index in [0.717, 1.165) is 23.6 Å². The first-order valence-corrected chi connectivity index (χ1v) is 10.5. The molecule has 0 aliphatic rings. The molecule has 0 aliphatic carbocycles. The van der Waals surface area contributed by atoms with Gasteiger partial charge < -0.3 is 15.4 Å². The van der Waals surface area contributed by atoms with Crippen LogP contribution in [0, 0.1) is 0 Å². The number of fused-ring (bicyclic) bond motifs is 1. The van der Waals surface area contributed by atoms with Crippen molar-refractivity contribution in [3.8, 4) is 5.75 Å². The second kappa shape index (κ2) is 10.4. The number of anilines is 1. The van der Waals surface area contributed by atoms with Gasteiger partial charge in [-0.15, -0.1) is 0 Å². The van der Waals surface area contributed by atoms with Crippen LogP contribution in [0.5, 0.6) is 5.75 Å². The molecule has 0 aromatic heterocycles. The van der Waals surface area contributed by atoms with Crippen LogP contribution in [0.3, 0.4) is 0 Å². The molecule has 2 N–H and O–H groups in total. The number of hydrogen-bond donors (Lipinski definition) is 2. The van der Waals surface area contributed by atoms with Crippen molar-refractivity contribution in [3.05, 3.63) is 72.3 Å². The van der Waals surface area contributed by atoms with Gasteiger partial charge in [-0.05, 0) is 36.4 Å². The molecule has 2 amide bonds. The summed E-state index contributed by atoms with van der Waals surface area (Å²) in [5.41, 5.74) is 0.929. The summed E-state index contributed by atoms with van der Waals surface area (Å²) in [6.07, 6.45) is 1.74. The summed E-state index contributed by atoms with van der Waals surface area (Å²) in [7, 11) is 0. The van der Waals surface area contributed by atoms with Crippen molar-refractivity contribution in [2.24, 2.45) is 0 Å². The lowest BCUT2D eigenvalue weighted by Crippen LogP contribution is -2.33. The summed E-state index contributed by atoms with van der Waals surface area (Å²) < 4.78 is 6.08. The van der Waals surface area contributed by atoms with Crippen molar-refractivity contribution in [2.45, 2.75) is 39.2 Å². The van der Waals surface area contributed by atoms with E-state index in [1.165, 1.54) is 0 Å². The highest BCUT2D eigenvalue weighted by Gasteiger charge is 2.21. The number of ether oxygens (including phenoxy) is 1. The van der Waals surface area contributed by atoms with E-state index in [-0.39, 0.29) is 11.8 Å². The lowest BCUT2D eigenvalue weighted by molar-refractivity contribution is -0.122. The first-order chi connectivity index (χ1) is 14.6. The zero-order chi connectivity index (χ0) is 21.3. The van der Waals surface area contributed by atoms with E-state index in [2.05, 4.69) is 17.6 Å². The molecule has 0 heterocycles. The van der Waals surface area contributed by atoms with Gasteiger partial charge in [0.1, 0.15) is 5.75 Å². The lowest BCUT2D eigenvalue weighted by atomic mass is 10.1. The average Bonchev–Trinajstić information content (AvgIpc) is 2.78. The molecule has 3 rings (SSSR count). The maximum atomic E-state index is 13.0. The molecular formula is C25H28N2O3. The molecule has 0 spiro atoms. The predicted octanol–water partition coefficient (Wildman–Crippen LogP) is 5.17. The van der Waals surface area contributed by atoms with E-state index in [1.54, 1.807) is 24.3 Å². The first-order valence-electron chi connectivity index (χ1n) is 10.5. The number of nitrogens with one attached hydrogen (secondary N) is 2. The van der Waals surface area contributed by atoms with Crippen molar-refractivity contribution < 1.29 is 14.3 Å². The van der Waals surface area contributed by atoms with Crippen LogP contribution in [0.2, 0.25) is 0 Å². The molecule has 3 aromatic carbocycles. The lowest BCUT2D eigenvalue weighted by Gasteiger charge is -2.19. The Morgan fingerprint density at radius 2 is 1.67 bits per heavy atom. The van der Waals surface area contributed by atoms with Gasteiger partial charge in [0.15, 0.2) is 6.10 Å². The van der Waals surface area contributed by atoms with Crippen LogP contribution in [0.25, 0.3) is 10.8 Å². The fourth-order valence-corrected chi connectivity index (χ4v) is 3.25. The van der Waals surface area contributed by atoms with E-state index < -0.39 is 6.10 Å². The molecule has 156 valence electrons. The summed E-state index contributed by atoms with van der Waals surface area (Å²) in [5, 5.41) is 7.79.